The van der Waals surface area contributed by atoms with Crippen LogP contribution in [0.2, 0.25) is 0 Å². The van der Waals surface area contributed by atoms with Crippen LogP contribution in [0.3, 0.4) is 0 Å². The Hall–Kier alpha value is -4.23. The van der Waals surface area contributed by atoms with E-state index in [-0.39, 0.29) is 11.7 Å². The van der Waals surface area contributed by atoms with Crippen molar-refractivity contribution in [1.82, 2.24) is 9.97 Å². The van der Waals surface area contributed by atoms with Crippen LogP contribution in [0.4, 0.5) is 0 Å². The van der Waals surface area contributed by atoms with Gasteiger partial charge in [0.15, 0.2) is 11.5 Å². The third-order valence-electron chi connectivity index (χ3n) is 6.00. The Bertz CT molecular complexity index is 1460. The van der Waals surface area contributed by atoms with Gasteiger partial charge < -0.3 is 30.7 Å². The summed E-state index contributed by atoms with van der Waals surface area (Å²) in [6.45, 7) is 1.65. The van der Waals surface area contributed by atoms with E-state index in [1.807, 2.05) is 24.3 Å². The normalized spacial score (nSPS) is 11.7. The lowest BCUT2D eigenvalue weighted by Gasteiger charge is -2.20. The van der Waals surface area contributed by atoms with Gasteiger partial charge in [-0.2, -0.15) is 0 Å². The van der Waals surface area contributed by atoms with E-state index >= 15 is 0 Å². The van der Waals surface area contributed by atoms with Crippen LogP contribution in [0.25, 0.3) is 21.8 Å². The van der Waals surface area contributed by atoms with Crippen LogP contribution in [0.15, 0.2) is 72.9 Å². The molecule has 1 atom stereocenters. The molecule has 35 heavy (non-hydrogen) atoms. The van der Waals surface area contributed by atoms with E-state index in [2.05, 4.69) is 52.6 Å². The number of fused-ring (bicyclic) bond motifs is 2. The second-order valence-electron chi connectivity index (χ2n) is 8.27. The van der Waals surface area contributed by atoms with Crippen molar-refractivity contribution < 1.29 is 19.7 Å². The largest absolute Gasteiger partial charge is 0.504 e. The Morgan fingerprint density at radius 1 is 1.03 bits per heavy atom. The van der Waals surface area contributed by atoms with Crippen LogP contribution >= 0.6 is 0 Å². The number of ether oxygens (including phenoxy) is 1. The number of carboxylic acids is 1. The van der Waals surface area contributed by atoms with Gasteiger partial charge in [-0.05, 0) is 53.9 Å². The second kappa shape index (κ2) is 10.4. The smallest absolute Gasteiger partial charge is 0.300 e. The number of aliphatic carboxylic acids is 1. The van der Waals surface area contributed by atoms with Crippen LogP contribution in [-0.4, -0.2) is 39.8 Å². The van der Waals surface area contributed by atoms with Crippen LogP contribution in [-0.2, 0) is 11.2 Å². The molecule has 180 valence electrons. The van der Waals surface area contributed by atoms with Crippen molar-refractivity contribution in [2.75, 3.05) is 13.7 Å². The number of rotatable bonds is 6. The zero-order chi connectivity index (χ0) is 24.9. The third-order valence-corrected chi connectivity index (χ3v) is 6.00. The molecule has 7 heteroatoms. The van der Waals surface area contributed by atoms with E-state index in [9.17, 15) is 5.11 Å². The number of carbonyl (C=O) groups is 1. The summed E-state index contributed by atoms with van der Waals surface area (Å²) in [7, 11) is 1.57. The van der Waals surface area contributed by atoms with Crippen molar-refractivity contribution >= 4 is 27.8 Å². The molecule has 5 rings (SSSR count). The Kier molecular flexibility index (Phi) is 7.08. The summed E-state index contributed by atoms with van der Waals surface area (Å²) < 4.78 is 5.43. The summed E-state index contributed by atoms with van der Waals surface area (Å²) >= 11 is 0. The fourth-order valence-electron chi connectivity index (χ4n) is 4.59. The molecule has 5 aromatic rings. The fourth-order valence-corrected chi connectivity index (χ4v) is 4.59. The highest BCUT2D eigenvalue weighted by Gasteiger charge is 2.26. The van der Waals surface area contributed by atoms with Crippen molar-refractivity contribution in [2.24, 2.45) is 5.73 Å². The molecule has 6 N–H and O–H groups in total. The van der Waals surface area contributed by atoms with Gasteiger partial charge in [0.2, 0.25) is 0 Å². The fraction of sp³-hybridized carbons (Fsp3) is 0.179. The van der Waals surface area contributed by atoms with E-state index in [4.69, 9.17) is 20.4 Å². The number of phenolic OH excluding ortho intramolecular Hbond substituents is 1. The number of aromatic hydroxyl groups is 1. The Morgan fingerprint density at radius 2 is 1.69 bits per heavy atom. The molecule has 2 aromatic heterocycles. The Morgan fingerprint density at radius 3 is 2.37 bits per heavy atom. The molecule has 0 fully saturated rings. The molecule has 0 aliphatic heterocycles. The van der Waals surface area contributed by atoms with Gasteiger partial charge in [0.05, 0.1) is 13.0 Å². The molecule has 0 spiro atoms. The molecule has 0 aliphatic carbocycles. The summed E-state index contributed by atoms with van der Waals surface area (Å²) in [6.07, 6.45) is 2.85. The van der Waals surface area contributed by atoms with Gasteiger partial charge in [0.25, 0.3) is 5.97 Å². The van der Waals surface area contributed by atoms with Gasteiger partial charge in [0, 0.05) is 40.6 Å². The van der Waals surface area contributed by atoms with Crippen molar-refractivity contribution in [2.45, 2.75) is 19.3 Å². The van der Waals surface area contributed by atoms with Gasteiger partial charge in [0.1, 0.15) is 0 Å². The van der Waals surface area contributed by atoms with Gasteiger partial charge in [-0.1, -0.05) is 42.5 Å². The number of aromatic nitrogens is 2. The summed E-state index contributed by atoms with van der Waals surface area (Å²) in [4.78, 5) is 16.1. The highest BCUT2D eigenvalue weighted by atomic mass is 16.5. The summed E-state index contributed by atoms with van der Waals surface area (Å²) in [5.74, 6) is -0.332. The highest BCUT2D eigenvalue weighted by molar-refractivity contribution is 5.88. The monoisotopic (exact) mass is 471 g/mol. The van der Waals surface area contributed by atoms with Gasteiger partial charge >= 0.3 is 0 Å². The standard InChI is InChI=1S/C26H25N3O2.C2H4O2/c1-31-24-14-16(10-11-23(24)30)25(20-15-28-21-8-4-2-7-18(20)21)26-19(12-13-27)17-6-3-5-9-22(17)29-26;1-2(3)4/h2-11,14-15,25,28-30H,12-13,27H2,1H3;1H3,(H,3,4). The van der Waals surface area contributed by atoms with Crippen LogP contribution < -0.4 is 10.5 Å². The molecule has 3 aromatic carbocycles. The second-order valence-corrected chi connectivity index (χ2v) is 8.27. The number of carboxylic acid groups (broad SMARTS) is 1. The third kappa shape index (κ3) is 4.85. The molecule has 7 nitrogen and oxygen atoms in total. The quantitative estimate of drug-likeness (QED) is 0.235. The molecule has 0 saturated carbocycles. The first-order valence-corrected chi connectivity index (χ1v) is 11.4. The van der Waals surface area contributed by atoms with Gasteiger partial charge in [-0.3, -0.25) is 4.79 Å². The molecule has 0 aliphatic rings. The van der Waals surface area contributed by atoms with Gasteiger partial charge in [-0.25, -0.2) is 0 Å². The minimum Gasteiger partial charge on any atom is -0.504 e. The Balaban J connectivity index is 0.000000672. The number of hydrogen-bond acceptors (Lipinski definition) is 4. The Labute approximate surface area is 203 Å². The van der Waals surface area contributed by atoms with Crippen molar-refractivity contribution in [3.8, 4) is 11.5 Å². The minimum atomic E-state index is -0.833. The minimum absolute atomic E-state index is 0.0837. The van der Waals surface area contributed by atoms with E-state index in [0.717, 1.165) is 46.6 Å². The molecular formula is C28H29N3O4. The summed E-state index contributed by atoms with van der Waals surface area (Å²) in [5, 5.41) is 20.0. The first kappa shape index (κ1) is 23.9. The van der Waals surface area contributed by atoms with E-state index in [0.29, 0.717) is 12.3 Å². The maximum absolute atomic E-state index is 10.2. The molecule has 0 bridgehead atoms. The molecule has 0 amide bonds. The van der Waals surface area contributed by atoms with Crippen LogP contribution in [0.1, 0.15) is 35.2 Å². The van der Waals surface area contributed by atoms with E-state index in [1.54, 1.807) is 13.2 Å². The number of phenols is 1. The first-order valence-electron chi connectivity index (χ1n) is 11.4. The maximum Gasteiger partial charge on any atom is 0.300 e. The SMILES string of the molecule is CC(=O)O.COc1cc(C(c2[nH]c3ccccc3c2CCN)c2c[nH]c3ccccc23)ccc1O. The van der Waals surface area contributed by atoms with Crippen molar-refractivity contribution in [3.05, 3.63) is 95.3 Å². The highest BCUT2D eigenvalue weighted by Crippen LogP contribution is 2.41. The maximum atomic E-state index is 10.2. The molecule has 0 saturated heterocycles. The van der Waals surface area contributed by atoms with Crippen molar-refractivity contribution in [3.63, 3.8) is 0 Å². The first-order chi connectivity index (χ1) is 16.9. The predicted octanol–water partition coefficient (Wildman–Crippen LogP) is 5.14. The van der Waals surface area contributed by atoms with Crippen LogP contribution in [0.5, 0.6) is 11.5 Å². The number of aromatic amines is 2. The zero-order valence-corrected chi connectivity index (χ0v) is 19.7. The zero-order valence-electron chi connectivity index (χ0n) is 19.7. The predicted molar refractivity (Wildman–Crippen MR) is 138 cm³/mol. The summed E-state index contributed by atoms with van der Waals surface area (Å²) in [5.41, 5.74) is 12.7. The van der Waals surface area contributed by atoms with Crippen molar-refractivity contribution in [1.29, 1.82) is 0 Å². The number of hydrogen-bond donors (Lipinski definition) is 5. The molecular weight excluding hydrogens is 442 g/mol. The summed E-state index contributed by atoms with van der Waals surface area (Å²) in [6, 6.07) is 22.2. The number of benzene rings is 3. The van der Waals surface area contributed by atoms with E-state index < -0.39 is 5.97 Å². The van der Waals surface area contributed by atoms with Gasteiger partial charge in [-0.15, -0.1) is 0 Å². The number of para-hydroxylation sites is 2. The molecule has 1 unspecified atom stereocenters. The number of nitrogens with two attached hydrogens (primary N) is 1. The molecule has 2 heterocycles. The lowest BCUT2D eigenvalue weighted by atomic mass is 9.85. The van der Waals surface area contributed by atoms with E-state index in [1.165, 1.54) is 10.9 Å². The lowest BCUT2D eigenvalue weighted by molar-refractivity contribution is -0.134. The number of H-pyrrole nitrogens is 2. The van der Waals surface area contributed by atoms with Crippen LogP contribution in [0, 0.1) is 0 Å². The number of nitrogens with one attached hydrogen (secondary N) is 2. The molecule has 0 radical (unpaired) electrons. The lowest BCUT2D eigenvalue weighted by Crippen LogP contribution is -2.10. The average Bonchev–Trinajstić information content (AvgIpc) is 3.43. The topological polar surface area (TPSA) is 124 Å². The number of methoxy groups -OCH3 is 1. The average molecular weight is 472 g/mol.